The third kappa shape index (κ3) is 4.89. The molecule has 1 fully saturated rings. The molecule has 8 nitrogen and oxygen atoms in total. The number of hydrogen-bond donors (Lipinski definition) is 1. The molecule has 2 aromatic carbocycles. The maximum Gasteiger partial charge on any atom is 0.289 e. The lowest BCUT2D eigenvalue weighted by atomic mass is 10.1. The van der Waals surface area contributed by atoms with Gasteiger partial charge in [-0.3, -0.25) is 14.4 Å². The van der Waals surface area contributed by atoms with E-state index in [4.69, 9.17) is 16.0 Å². The van der Waals surface area contributed by atoms with Crippen LogP contribution in [0.3, 0.4) is 0 Å². The van der Waals surface area contributed by atoms with Crippen molar-refractivity contribution >= 4 is 40.0 Å². The van der Waals surface area contributed by atoms with Gasteiger partial charge >= 0.3 is 0 Å². The van der Waals surface area contributed by atoms with E-state index in [-0.39, 0.29) is 29.2 Å². The molecule has 196 valence electrons. The first-order chi connectivity index (χ1) is 18.4. The van der Waals surface area contributed by atoms with E-state index in [1.807, 2.05) is 17.9 Å². The Morgan fingerprint density at radius 3 is 2.53 bits per heavy atom. The molecule has 0 aliphatic carbocycles. The number of rotatable bonds is 6. The SMILES string of the molecule is CCn1cc(C(=O)NCc2ccccc2Cl)c(=O)c2cc(F)c(N3CCN(C(=O)c4ccco4)CC3)cc21. The maximum atomic E-state index is 15.3. The van der Waals surface area contributed by atoms with Crippen LogP contribution in [0.5, 0.6) is 0 Å². The van der Waals surface area contributed by atoms with Gasteiger partial charge in [0, 0.05) is 55.9 Å². The number of nitrogens with one attached hydrogen (secondary N) is 1. The minimum Gasteiger partial charge on any atom is -0.459 e. The Labute approximate surface area is 223 Å². The van der Waals surface area contributed by atoms with Crippen molar-refractivity contribution < 1.29 is 18.4 Å². The van der Waals surface area contributed by atoms with E-state index in [0.29, 0.717) is 49.0 Å². The molecule has 2 aromatic heterocycles. The fourth-order valence-electron chi connectivity index (χ4n) is 4.68. The molecule has 5 rings (SSSR count). The number of furan rings is 1. The van der Waals surface area contributed by atoms with Gasteiger partial charge in [0.15, 0.2) is 5.76 Å². The predicted molar refractivity (Wildman–Crippen MR) is 143 cm³/mol. The third-order valence-electron chi connectivity index (χ3n) is 6.77. The Balaban J connectivity index is 1.39. The molecule has 0 radical (unpaired) electrons. The summed E-state index contributed by atoms with van der Waals surface area (Å²) in [5.41, 5.74) is 0.996. The highest BCUT2D eigenvalue weighted by molar-refractivity contribution is 6.31. The predicted octanol–water partition coefficient (Wildman–Crippen LogP) is 4.30. The number of aryl methyl sites for hydroxylation is 1. The Bertz CT molecular complexity index is 1560. The molecule has 10 heteroatoms. The van der Waals surface area contributed by atoms with Crippen LogP contribution in [0.25, 0.3) is 10.9 Å². The van der Waals surface area contributed by atoms with E-state index in [2.05, 4.69) is 5.32 Å². The van der Waals surface area contributed by atoms with Crippen LogP contribution in [-0.4, -0.2) is 47.5 Å². The molecular weight excluding hydrogens is 511 g/mol. The van der Waals surface area contributed by atoms with Crippen LogP contribution >= 0.6 is 11.6 Å². The van der Waals surface area contributed by atoms with Crippen LogP contribution in [0.1, 0.15) is 33.4 Å². The van der Waals surface area contributed by atoms with Gasteiger partial charge in [-0.05, 0) is 42.8 Å². The highest BCUT2D eigenvalue weighted by Gasteiger charge is 2.26. The van der Waals surface area contributed by atoms with Crippen LogP contribution in [0.15, 0.2) is 70.2 Å². The molecule has 1 N–H and O–H groups in total. The Morgan fingerprint density at radius 2 is 1.84 bits per heavy atom. The molecule has 1 aliphatic heterocycles. The molecule has 0 unspecified atom stereocenters. The smallest absolute Gasteiger partial charge is 0.289 e. The number of carbonyl (C=O) groups excluding carboxylic acids is 2. The first-order valence-electron chi connectivity index (χ1n) is 12.3. The molecule has 0 spiro atoms. The molecule has 1 saturated heterocycles. The Morgan fingerprint density at radius 1 is 1.08 bits per heavy atom. The van der Waals surface area contributed by atoms with E-state index in [0.717, 1.165) is 5.56 Å². The fraction of sp³-hybridized carbons (Fsp3) is 0.250. The first kappa shape index (κ1) is 25.5. The molecule has 0 bridgehead atoms. The second kappa shape index (κ2) is 10.7. The lowest BCUT2D eigenvalue weighted by Gasteiger charge is -2.36. The van der Waals surface area contributed by atoms with Gasteiger partial charge < -0.3 is 24.1 Å². The summed E-state index contributed by atoms with van der Waals surface area (Å²) in [6, 6.07) is 13.2. The summed E-state index contributed by atoms with van der Waals surface area (Å²) >= 11 is 6.17. The number of aromatic nitrogens is 1. The molecule has 3 heterocycles. The summed E-state index contributed by atoms with van der Waals surface area (Å²) in [5.74, 6) is -1.04. The van der Waals surface area contributed by atoms with Crippen molar-refractivity contribution in [1.29, 1.82) is 0 Å². The topological polar surface area (TPSA) is 87.8 Å². The van der Waals surface area contributed by atoms with Crippen LogP contribution in [0, 0.1) is 5.82 Å². The molecule has 4 aromatic rings. The highest BCUT2D eigenvalue weighted by Crippen LogP contribution is 2.27. The number of hydrogen-bond acceptors (Lipinski definition) is 5. The number of carbonyl (C=O) groups is 2. The van der Waals surface area contributed by atoms with Crippen molar-refractivity contribution in [3.8, 4) is 0 Å². The van der Waals surface area contributed by atoms with Crippen molar-refractivity contribution in [2.45, 2.75) is 20.0 Å². The number of amides is 2. The molecule has 1 aliphatic rings. The summed E-state index contributed by atoms with van der Waals surface area (Å²) in [6.07, 6.45) is 2.96. The largest absolute Gasteiger partial charge is 0.459 e. The van der Waals surface area contributed by atoms with Gasteiger partial charge in [-0.25, -0.2) is 4.39 Å². The van der Waals surface area contributed by atoms with E-state index >= 15 is 4.39 Å². The summed E-state index contributed by atoms with van der Waals surface area (Å²) in [4.78, 5) is 42.3. The van der Waals surface area contributed by atoms with Crippen molar-refractivity contribution in [3.63, 3.8) is 0 Å². The lowest BCUT2D eigenvalue weighted by molar-refractivity contribution is 0.0714. The normalized spacial score (nSPS) is 13.7. The molecule has 0 saturated carbocycles. The van der Waals surface area contributed by atoms with Gasteiger partial charge in [0.25, 0.3) is 11.8 Å². The highest BCUT2D eigenvalue weighted by atomic mass is 35.5. The standard InChI is InChI=1S/C28H26ClFN4O4/c1-2-32-17-20(27(36)31-16-18-6-3-4-7-21(18)29)26(35)19-14-22(30)24(15-23(19)32)33-9-11-34(12-10-33)28(37)25-8-5-13-38-25/h3-8,13-15,17H,2,9-12,16H2,1H3,(H,31,36). The number of anilines is 1. The average Bonchev–Trinajstić information content (AvgIpc) is 3.48. The van der Waals surface area contributed by atoms with E-state index in [1.165, 1.54) is 18.5 Å². The zero-order valence-electron chi connectivity index (χ0n) is 20.7. The number of halogens is 2. The van der Waals surface area contributed by atoms with E-state index in [9.17, 15) is 14.4 Å². The number of benzene rings is 2. The van der Waals surface area contributed by atoms with Crippen molar-refractivity contribution in [2.24, 2.45) is 0 Å². The minimum atomic E-state index is -0.559. The number of pyridine rings is 1. The summed E-state index contributed by atoms with van der Waals surface area (Å²) in [7, 11) is 0. The quantitative estimate of drug-likeness (QED) is 0.397. The zero-order valence-corrected chi connectivity index (χ0v) is 21.5. The van der Waals surface area contributed by atoms with Crippen molar-refractivity contribution in [3.05, 3.63) is 98.9 Å². The second-order valence-corrected chi connectivity index (χ2v) is 9.42. The van der Waals surface area contributed by atoms with Gasteiger partial charge in [0.2, 0.25) is 5.43 Å². The third-order valence-corrected chi connectivity index (χ3v) is 7.14. The molecule has 2 amide bonds. The van der Waals surface area contributed by atoms with Crippen LogP contribution in [0.2, 0.25) is 5.02 Å². The van der Waals surface area contributed by atoms with E-state index < -0.39 is 17.2 Å². The molecular formula is C28H26ClFN4O4. The van der Waals surface area contributed by atoms with Crippen LogP contribution < -0.4 is 15.6 Å². The van der Waals surface area contributed by atoms with Gasteiger partial charge in [-0.2, -0.15) is 0 Å². The van der Waals surface area contributed by atoms with Crippen LogP contribution in [0.4, 0.5) is 10.1 Å². The minimum absolute atomic E-state index is 0.0661. The molecule has 38 heavy (non-hydrogen) atoms. The van der Waals surface area contributed by atoms with Gasteiger partial charge in [0.1, 0.15) is 11.4 Å². The summed E-state index contributed by atoms with van der Waals surface area (Å²) in [6.45, 7) is 4.17. The van der Waals surface area contributed by atoms with Gasteiger partial charge in [-0.1, -0.05) is 29.8 Å². The van der Waals surface area contributed by atoms with Crippen molar-refractivity contribution in [1.82, 2.24) is 14.8 Å². The second-order valence-electron chi connectivity index (χ2n) is 9.01. The lowest BCUT2D eigenvalue weighted by Crippen LogP contribution is -2.49. The van der Waals surface area contributed by atoms with Crippen molar-refractivity contribution in [2.75, 3.05) is 31.1 Å². The van der Waals surface area contributed by atoms with E-state index in [1.54, 1.807) is 45.9 Å². The van der Waals surface area contributed by atoms with Gasteiger partial charge in [0.05, 0.1) is 17.5 Å². The van der Waals surface area contributed by atoms with Crippen LogP contribution in [-0.2, 0) is 13.1 Å². The Kier molecular flexibility index (Phi) is 7.20. The fourth-order valence-corrected chi connectivity index (χ4v) is 4.89. The van der Waals surface area contributed by atoms with Gasteiger partial charge in [-0.15, -0.1) is 0 Å². The first-order valence-corrected chi connectivity index (χ1v) is 12.7. The average molecular weight is 537 g/mol. The Hall–Kier alpha value is -4.11. The number of fused-ring (bicyclic) bond motifs is 1. The summed E-state index contributed by atoms with van der Waals surface area (Å²) < 4.78 is 22.3. The zero-order chi connectivity index (χ0) is 26.8. The maximum absolute atomic E-state index is 15.3. The molecule has 0 atom stereocenters. The number of piperazine rings is 1. The summed E-state index contributed by atoms with van der Waals surface area (Å²) in [5, 5.41) is 3.38. The number of nitrogens with zero attached hydrogens (tertiary/aromatic N) is 3. The monoisotopic (exact) mass is 536 g/mol.